The van der Waals surface area contributed by atoms with E-state index in [1.807, 2.05) is 6.92 Å². The Labute approximate surface area is 85.8 Å². The van der Waals surface area contributed by atoms with Crippen LogP contribution < -0.4 is 5.32 Å². The lowest BCUT2D eigenvalue weighted by atomic mass is 9.93. The van der Waals surface area contributed by atoms with E-state index in [0.29, 0.717) is 0 Å². The Morgan fingerprint density at radius 2 is 2.00 bits per heavy atom. The normalized spacial score (nSPS) is 16.4. The maximum absolute atomic E-state index is 3.93. The average Bonchev–Trinajstić information content (AvgIpc) is 2.12. The van der Waals surface area contributed by atoms with Crippen LogP contribution in [0.1, 0.15) is 18.1 Å². The largest absolute Gasteiger partial charge is 0.316 e. The zero-order chi connectivity index (χ0) is 9.97. The first-order chi connectivity index (χ1) is 6.75. The van der Waals surface area contributed by atoms with E-state index >= 15 is 0 Å². The van der Waals surface area contributed by atoms with Gasteiger partial charge in [-0.05, 0) is 43.5 Å². The second kappa shape index (κ2) is 3.97. The molecular formula is C13H17N. The first-order valence-corrected chi connectivity index (χ1v) is 5.21. The van der Waals surface area contributed by atoms with E-state index in [2.05, 4.69) is 36.2 Å². The number of allylic oxidation sites excluding steroid dienone is 1. The molecule has 0 spiro atoms. The molecule has 0 aliphatic carbocycles. The summed E-state index contributed by atoms with van der Waals surface area (Å²) in [6.07, 6.45) is 1.21. The van der Waals surface area contributed by atoms with Crippen LogP contribution in [0.25, 0.3) is 5.57 Å². The van der Waals surface area contributed by atoms with Gasteiger partial charge in [0.1, 0.15) is 0 Å². The molecule has 0 aromatic heterocycles. The lowest BCUT2D eigenvalue weighted by Gasteiger charge is -2.27. The second-order valence-corrected chi connectivity index (χ2v) is 4.21. The van der Waals surface area contributed by atoms with Gasteiger partial charge in [0.05, 0.1) is 0 Å². The standard InChI is InChI=1S/C13H17N/c1-10(2)13-5-3-11(4-6-13)7-12-8-14-9-12/h3-6,12,14H,1,7-9H2,2H3. The fraction of sp³-hybridized carbons (Fsp3) is 0.385. The molecule has 1 nitrogen and oxygen atoms in total. The van der Waals surface area contributed by atoms with Crippen LogP contribution in [0, 0.1) is 5.92 Å². The van der Waals surface area contributed by atoms with Crippen molar-refractivity contribution in [2.24, 2.45) is 5.92 Å². The highest BCUT2D eigenvalue weighted by molar-refractivity contribution is 5.61. The molecule has 0 saturated carbocycles. The fourth-order valence-electron chi connectivity index (χ4n) is 1.75. The van der Waals surface area contributed by atoms with Gasteiger partial charge in [0.15, 0.2) is 0 Å². The van der Waals surface area contributed by atoms with Crippen molar-refractivity contribution in [2.45, 2.75) is 13.3 Å². The summed E-state index contributed by atoms with van der Waals surface area (Å²) in [5.74, 6) is 0.852. The van der Waals surface area contributed by atoms with Crippen molar-refractivity contribution >= 4 is 5.57 Å². The molecule has 1 heteroatoms. The number of benzene rings is 1. The molecular weight excluding hydrogens is 170 g/mol. The molecule has 2 rings (SSSR count). The third-order valence-corrected chi connectivity index (χ3v) is 2.84. The maximum atomic E-state index is 3.93. The lowest BCUT2D eigenvalue weighted by Crippen LogP contribution is -2.43. The molecule has 1 heterocycles. The van der Waals surface area contributed by atoms with E-state index in [1.54, 1.807) is 0 Å². The predicted octanol–water partition coefficient (Wildman–Crippen LogP) is 2.48. The molecule has 0 unspecified atom stereocenters. The number of nitrogens with one attached hydrogen (secondary N) is 1. The van der Waals surface area contributed by atoms with Crippen LogP contribution in [0.4, 0.5) is 0 Å². The molecule has 0 bridgehead atoms. The Balaban J connectivity index is 2.01. The van der Waals surface area contributed by atoms with E-state index < -0.39 is 0 Å². The van der Waals surface area contributed by atoms with Gasteiger partial charge in [0.25, 0.3) is 0 Å². The minimum absolute atomic E-state index is 0.852. The Morgan fingerprint density at radius 1 is 1.36 bits per heavy atom. The van der Waals surface area contributed by atoms with Gasteiger partial charge < -0.3 is 5.32 Å². The van der Waals surface area contributed by atoms with Crippen LogP contribution in [-0.4, -0.2) is 13.1 Å². The van der Waals surface area contributed by atoms with E-state index in [0.717, 1.165) is 11.5 Å². The van der Waals surface area contributed by atoms with Crippen LogP contribution >= 0.6 is 0 Å². The van der Waals surface area contributed by atoms with Crippen LogP contribution in [0.3, 0.4) is 0 Å². The summed E-state index contributed by atoms with van der Waals surface area (Å²) >= 11 is 0. The SMILES string of the molecule is C=C(C)c1ccc(CC2CNC2)cc1. The summed E-state index contributed by atoms with van der Waals surface area (Å²) in [5, 5.41) is 3.30. The second-order valence-electron chi connectivity index (χ2n) is 4.21. The molecule has 1 aromatic carbocycles. The van der Waals surface area contributed by atoms with Gasteiger partial charge >= 0.3 is 0 Å². The van der Waals surface area contributed by atoms with E-state index in [4.69, 9.17) is 0 Å². The third-order valence-electron chi connectivity index (χ3n) is 2.84. The summed E-state index contributed by atoms with van der Waals surface area (Å²) in [7, 11) is 0. The van der Waals surface area contributed by atoms with Crippen molar-refractivity contribution in [3.8, 4) is 0 Å². The average molecular weight is 187 g/mol. The molecule has 1 N–H and O–H groups in total. The molecule has 0 amide bonds. The van der Waals surface area contributed by atoms with Crippen LogP contribution in [0.15, 0.2) is 30.8 Å². The smallest absolute Gasteiger partial charge is 0.000506 e. The van der Waals surface area contributed by atoms with Crippen molar-refractivity contribution < 1.29 is 0 Å². The Morgan fingerprint density at radius 3 is 2.43 bits per heavy atom. The highest BCUT2D eigenvalue weighted by atomic mass is 14.9. The third kappa shape index (κ3) is 2.05. The van der Waals surface area contributed by atoms with Gasteiger partial charge in [0.2, 0.25) is 0 Å². The fourth-order valence-corrected chi connectivity index (χ4v) is 1.75. The lowest BCUT2D eigenvalue weighted by molar-refractivity contribution is 0.346. The van der Waals surface area contributed by atoms with Crippen molar-refractivity contribution in [2.75, 3.05) is 13.1 Å². The number of rotatable bonds is 3. The predicted molar refractivity (Wildman–Crippen MR) is 61.2 cm³/mol. The Kier molecular flexibility index (Phi) is 2.69. The minimum atomic E-state index is 0.852. The monoisotopic (exact) mass is 187 g/mol. The molecule has 1 aliphatic heterocycles. The zero-order valence-corrected chi connectivity index (χ0v) is 8.72. The summed E-state index contributed by atoms with van der Waals surface area (Å²) in [6, 6.07) is 8.79. The first-order valence-electron chi connectivity index (χ1n) is 5.21. The summed E-state index contributed by atoms with van der Waals surface area (Å²) < 4.78 is 0. The molecule has 0 atom stereocenters. The Bertz CT molecular complexity index is 320. The molecule has 1 fully saturated rings. The molecule has 0 radical (unpaired) electrons. The highest BCUT2D eigenvalue weighted by Crippen LogP contribution is 2.16. The van der Waals surface area contributed by atoms with Gasteiger partial charge in [0, 0.05) is 0 Å². The van der Waals surface area contributed by atoms with Gasteiger partial charge in [-0.2, -0.15) is 0 Å². The highest BCUT2D eigenvalue weighted by Gasteiger charge is 2.16. The topological polar surface area (TPSA) is 12.0 Å². The minimum Gasteiger partial charge on any atom is -0.316 e. The number of hydrogen-bond donors (Lipinski definition) is 1. The van der Waals surface area contributed by atoms with Gasteiger partial charge in [-0.15, -0.1) is 0 Å². The van der Waals surface area contributed by atoms with E-state index in [-0.39, 0.29) is 0 Å². The summed E-state index contributed by atoms with van der Waals surface area (Å²) in [4.78, 5) is 0. The van der Waals surface area contributed by atoms with Gasteiger partial charge in [-0.25, -0.2) is 0 Å². The Hall–Kier alpha value is -1.08. The number of hydrogen-bond acceptors (Lipinski definition) is 1. The molecule has 1 saturated heterocycles. The van der Waals surface area contributed by atoms with Crippen LogP contribution in [0.5, 0.6) is 0 Å². The van der Waals surface area contributed by atoms with Crippen molar-refractivity contribution in [1.82, 2.24) is 5.32 Å². The van der Waals surface area contributed by atoms with Crippen molar-refractivity contribution in [3.63, 3.8) is 0 Å². The molecule has 1 aliphatic rings. The first kappa shape index (κ1) is 9.47. The molecule has 1 aromatic rings. The van der Waals surface area contributed by atoms with E-state index in [1.165, 1.54) is 30.6 Å². The molecule has 74 valence electrons. The van der Waals surface area contributed by atoms with Crippen molar-refractivity contribution in [1.29, 1.82) is 0 Å². The molecule has 14 heavy (non-hydrogen) atoms. The van der Waals surface area contributed by atoms with Gasteiger partial charge in [-0.1, -0.05) is 36.4 Å². The van der Waals surface area contributed by atoms with Crippen LogP contribution in [0.2, 0.25) is 0 Å². The zero-order valence-electron chi connectivity index (χ0n) is 8.72. The maximum Gasteiger partial charge on any atom is -0.000506 e. The quantitative estimate of drug-likeness (QED) is 0.766. The summed E-state index contributed by atoms with van der Waals surface area (Å²) in [5.41, 5.74) is 3.84. The van der Waals surface area contributed by atoms with E-state index in [9.17, 15) is 0 Å². The van der Waals surface area contributed by atoms with Gasteiger partial charge in [-0.3, -0.25) is 0 Å². The van der Waals surface area contributed by atoms with Crippen molar-refractivity contribution in [3.05, 3.63) is 42.0 Å². The summed E-state index contributed by atoms with van der Waals surface area (Å²) in [6.45, 7) is 8.35. The van der Waals surface area contributed by atoms with Crippen LogP contribution in [-0.2, 0) is 6.42 Å².